The van der Waals surface area contributed by atoms with Gasteiger partial charge >= 0.3 is 0 Å². The highest BCUT2D eigenvalue weighted by Crippen LogP contribution is 2.14. The van der Waals surface area contributed by atoms with E-state index in [1.165, 1.54) is 12.0 Å². The van der Waals surface area contributed by atoms with Crippen molar-refractivity contribution in [2.24, 2.45) is 0 Å². The molecule has 1 aromatic rings. The molecule has 0 spiro atoms. The fraction of sp³-hybridized carbons (Fsp3) is 0.385. The third-order valence-electron chi connectivity index (χ3n) is 1.93. The molecule has 1 nitrogen and oxygen atoms in total. The number of allylic oxidation sites excluding steroid dienone is 1. The average Bonchev–Trinajstić information content (AvgIpc) is 2.19. The maximum atomic E-state index is 5.42. The highest BCUT2D eigenvalue weighted by atomic mass is 16.5. The van der Waals surface area contributed by atoms with Crippen molar-refractivity contribution in [1.29, 1.82) is 0 Å². The van der Waals surface area contributed by atoms with Gasteiger partial charge in [-0.2, -0.15) is 0 Å². The van der Waals surface area contributed by atoms with Gasteiger partial charge in [0.2, 0.25) is 0 Å². The summed E-state index contributed by atoms with van der Waals surface area (Å²) >= 11 is 0. The molecule has 0 fully saturated rings. The molecule has 14 heavy (non-hydrogen) atoms. The Kier molecular flexibility index (Phi) is 4.84. The van der Waals surface area contributed by atoms with Crippen molar-refractivity contribution in [3.8, 4) is 5.75 Å². The van der Waals surface area contributed by atoms with Gasteiger partial charge in [-0.05, 0) is 31.0 Å². The minimum atomic E-state index is 0.724. The van der Waals surface area contributed by atoms with Gasteiger partial charge in [0.05, 0.1) is 6.61 Å². The van der Waals surface area contributed by atoms with Crippen molar-refractivity contribution in [3.63, 3.8) is 0 Å². The van der Waals surface area contributed by atoms with Crippen LogP contribution >= 0.6 is 0 Å². The molecule has 0 bridgehead atoms. The van der Waals surface area contributed by atoms with Crippen molar-refractivity contribution in [3.05, 3.63) is 35.9 Å². The van der Waals surface area contributed by atoms with Gasteiger partial charge < -0.3 is 4.74 Å². The van der Waals surface area contributed by atoms with Crippen molar-refractivity contribution in [1.82, 2.24) is 0 Å². The van der Waals surface area contributed by atoms with E-state index in [1.807, 2.05) is 19.1 Å². The Labute approximate surface area is 86.4 Å². The Balaban J connectivity index is 2.63. The summed E-state index contributed by atoms with van der Waals surface area (Å²) in [6, 6.07) is 8.17. The average molecular weight is 190 g/mol. The summed E-state index contributed by atoms with van der Waals surface area (Å²) in [5, 5.41) is 0. The molecule has 0 unspecified atom stereocenters. The van der Waals surface area contributed by atoms with Gasteiger partial charge in [0.1, 0.15) is 5.75 Å². The standard InChI is InChI=1S/C13H18O/c1-3-5-6-8-12-9-7-10-13(11-12)14-4-2/h6-11H,3-5H2,1-2H3. The maximum Gasteiger partial charge on any atom is 0.119 e. The van der Waals surface area contributed by atoms with Crippen LogP contribution in [-0.4, -0.2) is 6.61 Å². The Morgan fingerprint density at radius 1 is 1.29 bits per heavy atom. The molecule has 0 N–H and O–H groups in total. The second-order valence-corrected chi connectivity index (χ2v) is 3.20. The minimum Gasteiger partial charge on any atom is -0.494 e. The molecule has 0 heterocycles. The first-order chi connectivity index (χ1) is 6.86. The molecule has 0 aliphatic rings. The summed E-state index contributed by atoms with van der Waals surface area (Å²) in [4.78, 5) is 0. The maximum absolute atomic E-state index is 5.42. The van der Waals surface area contributed by atoms with Crippen LogP contribution in [0.15, 0.2) is 30.3 Å². The van der Waals surface area contributed by atoms with E-state index in [0.717, 1.165) is 18.8 Å². The first-order valence-corrected chi connectivity index (χ1v) is 5.26. The van der Waals surface area contributed by atoms with Crippen LogP contribution in [0.4, 0.5) is 0 Å². The van der Waals surface area contributed by atoms with E-state index < -0.39 is 0 Å². The molecule has 1 aromatic carbocycles. The van der Waals surface area contributed by atoms with E-state index in [9.17, 15) is 0 Å². The van der Waals surface area contributed by atoms with Gasteiger partial charge in [0.25, 0.3) is 0 Å². The summed E-state index contributed by atoms with van der Waals surface area (Å²) in [5.41, 5.74) is 1.21. The molecule has 76 valence electrons. The number of rotatable bonds is 5. The van der Waals surface area contributed by atoms with E-state index in [2.05, 4.69) is 31.2 Å². The molecular weight excluding hydrogens is 172 g/mol. The summed E-state index contributed by atoms with van der Waals surface area (Å²) in [7, 11) is 0. The molecule has 1 heteroatoms. The SMILES string of the molecule is CCCC=Cc1cccc(OCC)c1. The number of hydrogen-bond acceptors (Lipinski definition) is 1. The van der Waals surface area contributed by atoms with Gasteiger partial charge in [0.15, 0.2) is 0 Å². The Morgan fingerprint density at radius 3 is 2.86 bits per heavy atom. The first kappa shape index (κ1) is 10.8. The van der Waals surface area contributed by atoms with Crippen LogP contribution in [-0.2, 0) is 0 Å². The van der Waals surface area contributed by atoms with Gasteiger partial charge in [-0.1, -0.05) is 37.6 Å². The predicted octanol–water partition coefficient (Wildman–Crippen LogP) is 3.90. The van der Waals surface area contributed by atoms with Crippen molar-refractivity contribution in [2.45, 2.75) is 26.7 Å². The van der Waals surface area contributed by atoms with Crippen LogP contribution in [0.25, 0.3) is 6.08 Å². The predicted molar refractivity (Wildman–Crippen MR) is 61.6 cm³/mol. The number of benzene rings is 1. The van der Waals surface area contributed by atoms with Crippen LogP contribution in [0.5, 0.6) is 5.75 Å². The zero-order valence-corrected chi connectivity index (χ0v) is 8.99. The summed E-state index contributed by atoms with van der Waals surface area (Å²) in [5.74, 6) is 0.950. The molecule has 0 radical (unpaired) electrons. The zero-order chi connectivity index (χ0) is 10.2. The lowest BCUT2D eigenvalue weighted by atomic mass is 10.2. The second-order valence-electron chi connectivity index (χ2n) is 3.20. The van der Waals surface area contributed by atoms with Gasteiger partial charge in [-0.25, -0.2) is 0 Å². The lowest BCUT2D eigenvalue weighted by molar-refractivity contribution is 0.340. The van der Waals surface area contributed by atoms with E-state index in [1.54, 1.807) is 0 Å². The van der Waals surface area contributed by atoms with Crippen molar-refractivity contribution in [2.75, 3.05) is 6.61 Å². The normalized spacial score (nSPS) is 10.7. The monoisotopic (exact) mass is 190 g/mol. The summed E-state index contributed by atoms with van der Waals surface area (Å²) in [6.45, 7) is 4.91. The Hall–Kier alpha value is -1.24. The van der Waals surface area contributed by atoms with E-state index in [0.29, 0.717) is 0 Å². The third-order valence-corrected chi connectivity index (χ3v) is 1.93. The molecule has 1 rings (SSSR count). The molecular formula is C13H18O. The molecule has 0 saturated heterocycles. The number of unbranched alkanes of at least 4 members (excludes halogenated alkanes) is 1. The molecule has 0 saturated carbocycles. The lowest BCUT2D eigenvalue weighted by Crippen LogP contribution is -1.90. The van der Waals surface area contributed by atoms with Crippen molar-refractivity contribution < 1.29 is 4.74 Å². The highest BCUT2D eigenvalue weighted by molar-refractivity contribution is 5.51. The van der Waals surface area contributed by atoms with Crippen LogP contribution in [0.1, 0.15) is 32.3 Å². The molecule has 0 amide bonds. The fourth-order valence-electron chi connectivity index (χ4n) is 1.26. The Bertz CT molecular complexity index is 289. The van der Waals surface area contributed by atoms with Gasteiger partial charge in [-0.15, -0.1) is 0 Å². The number of ether oxygens (including phenoxy) is 1. The molecule has 0 aliphatic heterocycles. The second kappa shape index (κ2) is 6.25. The summed E-state index contributed by atoms with van der Waals surface area (Å²) in [6.07, 6.45) is 6.68. The fourth-order valence-corrected chi connectivity index (χ4v) is 1.26. The van der Waals surface area contributed by atoms with Crippen LogP contribution in [0, 0.1) is 0 Å². The van der Waals surface area contributed by atoms with Gasteiger partial charge in [0, 0.05) is 0 Å². The topological polar surface area (TPSA) is 9.23 Å². The smallest absolute Gasteiger partial charge is 0.119 e. The minimum absolute atomic E-state index is 0.724. The zero-order valence-electron chi connectivity index (χ0n) is 8.99. The molecule has 0 atom stereocenters. The lowest BCUT2D eigenvalue weighted by Gasteiger charge is -2.02. The quantitative estimate of drug-likeness (QED) is 0.684. The van der Waals surface area contributed by atoms with Crippen LogP contribution < -0.4 is 4.74 Å². The van der Waals surface area contributed by atoms with Crippen LogP contribution in [0.2, 0.25) is 0 Å². The van der Waals surface area contributed by atoms with Crippen LogP contribution in [0.3, 0.4) is 0 Å². The highest BCUT2D eigenvalue weighted by Gasteiger charge is 1.91. The summed E-state index contributed by atoms with van der Waals surface area (Å²) < 4.78 is 5.42. The Morgan fingerprint density at radius 2 is 2.14 bits per heavy atom. The van der Waals surface area contributed by atoms with E-state index >= 15 is 0 Å². The first-order valence-electron chi connectivity index (χ1n) is 5.26. The van der Waals surface area contributed by atoms with E-state index in [-0.39, 0.29) is 0 Å². The van der Waals surface area contributed by atoms with Crippen molar-refractivity contribution >= 4 is 6.08 Å². The number of hydrogen-bond donors (Lipinski definition) is 0. The molecule has 0 aromatic heterocycles. The third kappa shape index (κ3) is 3.65. The van der Waals surface area contributed by atoms with Gasteiger partial charge in [-0.3, -0.25) is 0 Å². The molecule has 0 aliphatic carbocycles. The van der Waals surface area contributed by atoms with E-state index in [4.69, 9.17) is 4.74 Å². The largest absolute Gasteiger partial charge is 0.494 e.